The second kappa shape index (κ2) is 8.12. The number of nitrogens with one attached hydrogen (secondary N) is 1. The first kappa shape index (κ1) is 18.1. The first-order valence-corrected chi connectivity index (χ1v) is 9.03. The molecular weight excluding hydrogens is 330 g/mol. The van der Waals surface area contributed by atoms with Gasteiger partial charge in [-0.25, -0.2) is 0 Å². The van der Waals surface area contributed by atoms with Gasteiger partial charge in [0, 0.05) is 32.6 Å². The quantitative estimate of drug-likeness (QED) is 0.859. The maximum Gasteiger partial charge on any atom is 0.224 e. The summed E-state index contributed by atoms with van der Waals surface area (Å²) in [7, 11) is 0. The van der Waals surface area contributed by atoms with Gasteiger partial charge in [-0.05, 0) is 38.0 Å². The van der Waals surface area contributed by atoms with E-state index in [1.165, 1.54) is 6.92 Å². The van der Waals surface area contributed by atoms with Crippen molar-refractivity contribution in [3.8, 4) is 0 Å². The first-order valence-electron chi connectivity index (χ1n) is 9.03. The van der Waals surface area contributed by atoms with Gasteiger partial charge in [-0.1, -0.05) is 6.07 Å². The number of hydrogen-bond donors (Lipinski definition) is 1. The molecule has 2 aromatic heterocycles. The number of likely N-dealkylation sites (tertiary alicyclic amines) is 1. The number of carbonyl (C=O) groups is 2. The standard InChI is InChI=1S/C19H25N5O2/c1-14-8-11-23(22-14)12-9-19(26)24-10-4-7-18(24)17-6-3-5-16(21-17)13-20-15(2)25/h3,5-6,8,11,18H,4,7,9-10,12-13H2,1-2H3,(H,20,25). The van der Waals surface area contributed by atoms with E-state index in [0.29, 0.717) is 19.5 Å². The van der Waals surface area contributed by atoms with Crippen molar-refractivity contribution in [2.75, 3.05) is 6.54 Å². The maximum absolute atomic E-state index is 12.7. The Bertz CT molecular complexity index is 786. The van der Waals surface area contributed by atoms with Crippen molar-refractivity contribution in [1.82, 2.24) is 25.0 Å². The summed E-state index contributed by atoms with van der Waals surface area (Å²) in [6, 6.07) is 7.74. The molecule has 26 heavy (non-hydrogen) atoms. The van der Waals surface area contributed by atoms with Crippen LogP contribution in [0.1, 0.15) is 49.3 Å². The fourth-order valence-corrected chi connectivity index (χ4v) is 3.31. The minimum atomic E-state index is -0.0799. The highest BCUT2D eigenvalue weighted by Gasteiger charge is 2.30. The van der Waals surface area contributed by atoms with E-state index in [4.69, 9.17) is 0 Å². The molecule has 3 heterocycles. The number of hydrogen-bond acceptors (Lipinski definition) is 4. The van der Waals surface area contributed by atoms with Crippen LogP contribution < -0.4 is 5.32 Å². The van der Waals surface area contributed by atoms with Crippen molar-refractivity contribution in [2.45, 2.75) is 52.2 Å². The second-order valence-electron chi connectivity index (χ2n) is 6.68. The van der Waals surface area contributed by atoms with E-state index in [1.807, 2.05) is 47.0 Å². The molecule has 1 N–H and O–H groups in total. The van der Waals surface area contributed by atoms with Gasteiger partial charge in [-0.2, -0.15) is 5.10 Å². The van der Waals surface area contributed by atoms with E-state index >= 15 is 0 Å². The normalized spacial score (nSPS) is 16.7. The Labute approximate surface area is 153 Å². The zero-order valence-corrected chi connectivity index (χ0v) is 15.3. The molecule has 0 bridgehead atoms. The number of aryl methyl sites for hydroxylation is 2. The van der Waals surface area contributed by atoms with Gasteiger partial charge < -0.3 is 10.2 Å². The van der Waals surface area contributed by atoms with Crippen LogP contribution in [0.5, 0.6) is 0 Å². The molecule has 7 heteroatoms. The SMILES string of the molecule is CC(=O)NCc1cccc(C2CCCN2C(=O)CCn2ccc(C)n2)n1. The highest BCUT2D eigenvalue weighted by molar-refractivity contribution is 5.77. The van der Waals surface area contributed by atoms with E-state index in [0.717, 1.165) is 36.5 Å². The summed E-state index contributed by atoms with van der Waals surface area (Å²) in [5, 5.41) is 7.09. The van der Waals surface area contributed by atoms with Crippen LogP contribution in [0, 0.1) is 6.92 Å². The fourth-order valence-electron chi connectivity index (χ4n) is 3.31. The zero-order chi connectivity index (χ0) is 18.5. The largest absolute Gasteiger partial charge is 0.351 e. The predicted molar refractivity (Wildman–Crippen MR) is 97.0 cm³/mol. The molecule has 1 atom stereocenters. The van der Waals surface area contributed by atoms with Gasteiger partial charge in [0.25, 0.3) is 0 Å². The third-order valence-electron chi connectivity index (χ3n) is 4.59. The van der Waals surface area contributed by atoms with Crippen LogP contribution in [0.3, 0.4) is 0 Å². The van der Waals surface area contributed by atoms with Gasteiger partial charge >= 0.3 is 0 Å². The average molecular weight is 355 g/mol. The first-order chi connectivity index (χ1) is 12.5. The van der Waals surface area contributed by atoms with Gasteiger partial charge in [-0.3, -0.25) is 19.3 Å². The van der Waals surface area contributed by atoms with Crippen molar-refractivity contribution in [2.24, 2.45) is 0 Å². The molecular formula is C19H25N5O2. The molecule has 1 aliphatic heterocycles. The topological polar surface area (TPSA) is 80.1 Å². The van der Waals surface area contributed by atoms with Gasteiger partial charge in [0.2, 0.25) is 11.8 Å². The van der Waals surface area contributed by atoms with Crippen molar-refractivity contribution in [3.63, 3.8) is 0 Å². The molecule has 1 saturated heterocycles. The number of nitrogens with zero attached hydrogens (tertiary/aromatic N) is 4. The van der Waals surface area contributed by atoms with Crippen LogP contribution in [0.15, 0.2) is 30.5 Å². The second-order valence-corrected chi connectivity index (χ2v) is 6.68. The Kier molecular flexibility index (Phi) is 5.65. The number of pyridine rings is 1. The number of carbonyl (C=O) groups excluding carboxylic acids is 2. The molecule has 1 unspecified atom stereocenters. The zero-order valence-electron chi connectivity index (χ0n) is 15.3. The molecule has 0 aliphatic carbocycles. The summed E-state index contributed by atoms with van der Waals surface area (Å²) in [5.74, 6) is 0.0541. The molecule has 2 aromatic rings. The molecule has 0 saturated carbocycles. The Morgan fingerprint density at radius 2 is 2.15 bits per heavy atom. The predicted octanol–water partition coefficient (Wildman–Crippen LogP) is 1.98. The summed E-state index contributed by atoms with van der Waals surface area (Å²) in [5.41, 5.74) is 2.66. The highest BCUT2D eigenvalue weighted by Crippen LogP contribution is 2.31. The highest BCUT2D eigenvalue weighted by atomic mass is 16.2. The fraction of sp³-hybridized carbons (Fsp3) is 0.474. The van der Waals surface area contributed by atoms with E-state index in [2.05, 4.69) is 15.4 Å². The lowest BCUT2D eigenvalue weighted by Crippen LogP contribution is -2.32. The van der Waals surface area contributed by atoms with E-state index in [-0.39, 0.29) is 17.9 Å². The summed E-state index contributed by atoms with van der Waals surface area (Å²) < 4.78 is 1.81. The van der Waals surface area contributed by atoms with Gasteiger partial charge in [0.1, 0.15) is 0 Å². The van der Waals surface area contributed by atoms with Crippen LogP contribution in [0.25, 0.3) is 0 Å². The van der Waals surface area contributed by atoms with E-state index < -0.39 is 0 Å². The summed E-state index contributed by atoms with van der Waals surface area (Å²) in [6.45, 7) is 5.18. The van der Waals surface area contributed by atoms with Crippen LogP contribution in [0.2, 0.25) is 0 Å². The average Bonchev–Trinajstić information content (AvgIpc) is 3.27. The Balaban J connectivity index is 1.64. The Morgan fingerprint density at radius 3 is 2.88 bits per heavy atom. The Morgan fingerprint density at radius 1 is 1.31 bits per heavy atom. The molecule has 0 spiro atoms. The molecule has 3 rings (SSSR count). The van der Waals surface area contributed by atoms with Gasteiger partial charge in [-0.15, -0.1) is 0 Å². The summed E-state index contributed by atoms with van der Waals surface area (Å²) in [4.78, 5) is 30.4. The lowest BCUT2D eigenvalue weighted by Gasteiger charge is -2.24. The summed E-state index contributed by atoms with van der Waals surface area (Å²) in [6.07, 6.45) is 4.23. The molecule has 1 aliphatic rings. The molecule has 2 amide bonds. The molecule has 0 radical (unpaired) electrons. The third kappa shape index (κ3) is 4.47. The van der Waals surface area contributed by atoms with Crippen LogP contribution in [0.4, 0.5) is 0 Å². The number of rotatable bonds is 6. The lowest BCUT2D eigenvalue weighted by molar-refractivity contribution is -0.132. The lowest BCUT2D eigenvalue weighted by atomic mass is 10.1. The monoisotopic (exact) mass is 355 g/mol. The number of aromatic nitrogens is 3. The minimum Gasteiger partial charge on any atom is -0.351 e. The number of amides is 2. The van der Waals surface area contributed by atoms with Gasteiger partial charge in [0.15, 0.2) is 0 Å². The van der Waals surface area contributed by atoms with E-state index in [1.54, 1.807) is 0 Å². The summed E-state index contributed by atoms with van der Waals surface area (Å²) >= 11 is 0. The van der Waals surface area contributed by atoms with Crippen LogP contribution in [-0.4, -0.2) is 38.0 Å². The molecule has 138 valence electrons. The van der Waals surface area contributed by atoms with Crippen molar-refractivity contribution < 1.29 is 9.59 Å². The van der Waals surface area contributed by atoms with E-state index in [9.17, 15) is 9.59 Å². The van der Waals surface area contributed by atoms with Crippen molar-refractivity contribution in [3.05, 3.63) is 47.5 Å². The smallest absolute Gasteiger partial charge is 0.224 e. The van der Waals surface area contributed by atoms with Crippen LogP contribution >= 0.6 is 0 Å². The van der Waals surface area contributed by atoms with Gasteiger partial charge in [0.05, 0.1) is 29.7 Å². The van der Waals surface area contributed by atoms with Crippen molar-refractivity contribution >= 4 is 11.8 Å². The Hall–Kier alpha value is -2.70. The molecule has 7 nitrogen and oxygen atoms in total. The van der Waals surface area contributed by atoms with Crippen molar-refractivity contribution in [1.29, 1.82) is 0 Å². The third-order valence-corrected chi connectivity index (χ3v) is 4.59. The molecule has 1 fully saturated rings. The minimum absolute atomic E-state index is 0.0131. The van der Waals surface area contributed by atoms with Crippen LogP contribution in [-0.2, 0) is 22.7 Å². The maximum atomic E-state index is 12.7. The molecule has 0 aromatic carbocycles.